The van der Waals surface area contributed by atoms with Crippen molar-refractivity contribution in [3.63, 3.8) is 0 Å². The molecule has 2 aliphatic rings. The minimum atomic E-state index is -0.175. The lowest BCUT2D eigenvalue weighted by atomic mass is 10.1. The first-order valence-corrected chi connectivity index (χ1v) is 11.4. The van der Waals surface area contributed by atoms with Crippen LogP contribution in [0.2, 0.25) is 0 Å². The lowest BCUT2D eigenvalue weighted by Gasteiger charge is -2.35. The summed E-state index contributed by atoms with van der Waals surface area (Å²) in [5.41, 5.74) is 1.56. The normalized spacial score (nSPS) is 19.8. The number of anilines is 1. The molecule has 2 heterocycles. The number of hydrogen-bond acceptors (Lipinski definition) is 4. The van der Waals surface area contributed by atoms with Gasteiger partial charge in [-0.15, -0.1) is 24.0 Å². The molecule has 1 amide bonds. The number of nitrogens with zero attached hydrogens (tertiary/aromatic N) is 4. The highest BCUT2D eigenvalue weighted by Crippen LogP contribution is 2.22. The van der Waals surface area contributed by atoms with E-state index in [1.54, 1.807) is 13.1 Å². The second-order valence-corrected chi connectivity index (χ2v) is 8.70. The van der Waals surface area contributed by atoms with Gasteiger partial charge < -0.3 is 25.3 Å². The van der Waals surface area contributed by atoms with Gasteiger partial charge in [-0.25, -0.2) is 4.39 Å². The van der Waals surface area contributed by atoms with E-state index in [9.17, 15) is 9.18 Å². The zero-order valence-corrected chi connectivity index (χ0v) is 22.1. The SMILES string of the molecule is CCN1CCN(c2ccc(CNC(=NC)NC3CCN(C(=O)C(C)C)C3)cc2F)CC1.I. The van der Waals surface area contributed by atoms with Crippen LogP contribution < -0.4 is 15.5 Å². The fourth-order valence-electron chi connectivity index (χ4n) is 4.24. The maximum Gasteiger partial charge on any atom is 0.225 e. The van der Waals surface area contributed by atoms with Crippen LogP contribution in [0.4, 0.5) is 10.1 Å². The number of carbonyl (C=O) groups is 1. The molecule has 9 heteroatoms. The Morgan fingerprint density at radius 1 is 1.22 bits per heavy atom. The van der Waals surface area contributed by atoms with Gasteiger partial charge in [0.1, 0.15) is 5.82 Å². The summed E-state index contributed by atoms with van der Waals surface area (Å²) in [5, 5.41) is 6.65. The van der Waals surface area contributed by atoms with Crippen molar-refractivity contribution in [1.29, 1.82) is 0 Å². The molecule has 1 atom stereocenters. The highest BCUT2D eigenvalue weighted by atomic mass is 127. The largest absolute Gasteiger partial charge is 0.367 e. The van der Waals surface area contributed by atoms with Crippen LogP contribution in [-0.2, 0) is 11.3 Å². The van der Waals surface area contributed by atoms with Crippen molar-refractivity contribution in [2.24, 2.45) is 10.9 Å². The van der Waals surface area contributed by atoms with E-state index in [0.29, 0.717) is 24.7 Å². The summed E-state index contributed by atoms with van der Waals surface area (Å²) >= 11 is 0. The van der Waals surface area contributed by atoms with E-state index in [-0.39, 0.29) is 47.7 Å². The lowest BCUT2D eigenvalue weighted by Crippen LogP contribution is -2.46. The molecule has 1 aromatic rings. The molecular formula is C23H38FIN6O. The molecule has 7 nitrogen and oxygen atoms in total. The Morgan fingerprint density at radius 3 is 2.53 bits per heavy atom. The molecular weight excluding hydrogens is 522 g/mol. The van der Waals surface area contributed by atoms with Gasteiger partial charge in [-0.1, -0.05) is 26.8 Å². The summed E-state index contributed by atoms with van der Waals surface area (Å²) in [6.45, 7) is 12.7. The van der Waals surface area contributed by atoms with Gasteiger partial charge >= 0.3 is 0 Å². The van der Waals surface area contributed by atoms with E-state index < -0.39 is 0 Å². The van der Waals surface area contributed by atoms with Crippen LogP contribution in [0, 0.1) is 11.7 Å². The third-order valence-corrected chi connectivity index (χ3v) is 6.19. The number of carbonyl (C=O) groups excluding carboxylic acids is 1. The van der Waals surface area contributed by atoms with Gasteiger partial charge in [-0.05, 0) is 30.7 Å². The van der Waals surface area contributed by atoms with Gasteiger partial charge in [0.05, 0.1) is 5.69 Å². The zero-order valence-electron chi connectivity index (χ0n) is 19.7. The molecule has 2 N–H and O–H groups in total. The minimum absolute atomic E-state index is 0. The number of hydrogen-bond donors (Lipinski definition) is 2. The van der Waals surface area contributed by atoms with Crippen LogP contribution in [0.5, 0.6) is 0 Å². The van der Waals surface area contributed by atoms with Crippen LogP contribution in [-0.4, -0.2) is 80.6 Å². The van der Waals surface area contributed by atoms with Crippen LogP contribution in [0.3, 0.4) is 0 Å². The summed E-state index contributed by atoms with van der Waals surface area (Å²) in [4.78, 5) is 22.9. The quantitative estimate of drug-likeness (QED) is 0.318. The Bertz CT molecular complexity index is 782. The predicted octanol–water partition coefficient (Wildman–Crippen LogP) is 2.51. The van der Waals surface area contributed by atoms with Crippen molar-refractivity contribution in [2.45, 2.75) is 39.8 Å². The van der Waals surface area contributed by atoms with Crippen LogP contribution in [0.25, 0.3) is 0 Å². The average molecular weight is 561 g/mol. The first-order valence-electron chi connectivity index (χ1n) is 11.4. The highest BCUT2D eigenvalue weighted by molar-refractivity contribution is 14.0. The standard InChI is InChI=1S/C23H37FN6O.HI/c1-5-28-10-12-29(13-11-28)21-7-6-18(14-20(21)24)15-26-23(25-4)27-19-8-9-30(16-19)22(31)17(2)3;/h6-7,14,17,19H,5,8-13,15-16H2,1-4H3,(H2,25,26,27);1H. The summed E-state index contributed by atoms with van der Waals surface area (Å²) in [7, 11) is 1.72. The Kier molecular flexibility index (Phi) is 10.5. The Morgan fingerprint density at radius 2 is 1.94 bits per heavy atom. The van der Waals surface area contributed by atoms with E-state index in [2.05, 4.69) is 32.3 Å². The second-order valence-electron chi connectivity index (χ2n) is 8.70. The summed E-state index contributed by atoms with van der Waals surface area (Å²) in [6, 6.07) is 5.65. The molecule has 2 saturated heterocycles. The minimum Gasteiger partial charge on any atom is -0.367 e. The number of nitrogens with one attached hydrogen (secondary N) is 2. The van der Waals surface area contributed by atoms with Gasteiger partial charge in [0.15, 0.2) is 5.96 Å². The molecule has 0 spiro atoms. The van der Waals surface area contributed by atoms with Crippen molar-refractivity contribution >= 4 is 41.5 Å². The van der Waals surface area contributed by atoms with Crippen LogP contribution >= 0.6 is 24.0 Å². The van der Waals surface area contributed by atoms with E-state index in [1.165, 1.54) is 0 Å². The Hall–Kier alpha value is -1.62. The Balaban J connectivity index is 0.00000363. The summed E-state index contributed by atoms with van der Waals surface area (Å²) in [5.74, 6) is 0.707. The smallest absolute Gasteiger partial charge is 0.225 e. The molecule has 0 aromatic heterocycles. The highest BCUT2D eigenvalue weighted by Gasteiger charge is 2.28. The monoisotopic (exact) mass is 560 g/mol. The molecule has 32 heavy (non-hydrogen) atoms. The van der Waals surface area contributed by atoms with Crippen molar-refractivity contribution in [3.8, 4) is 0 Å². The first-order chi connectivity index (χ1) is 14.9. The van der Waals surface area contributed by atoms with Crippen LogP contribution in [0.1, 0.15) is 32.8 Å². The number of benzene rings is 1. The molecule has 3 rings (SSSR count). The van der Waals surface area contributed by atoms with Gasteiger partial charge in [-0.3, -0.25) is 9.79 Å². The molecule has 1 aromatic carbocycles. The number of aliphatic imine (C=N–C) groups is 1. The van der Waals surface area contributed by atoms with Crippen LogP contribution in [0.15, 0.2) is 23.2 Å². The molecule has 0 saturated carbocycles. The van der Waals surface area contributed by atoms with E-state index >= 15 is 0 Å². The molecule has 2 aliphatic heterocycles. The third-order valence-electron chi connectivity index (χ3n) is 6.19. The number of amides is 1. The lowest BCUT2D eigenvalue weighted by molar-refractivity contribution is -0.133. The fraction of sp³-hybridized carbons (Fsp3) is 0.652. The fourth-order valence-corrected chi connectivity index (χ4v) is 4.24. The molecule has 2 fully saturated rings. The third kappa shape index (κ3) is 6.94. The van der Waals surface area contributed by atoms with Gasteiger partial charge in [0, 0.05) is 64.8 Å². The van der Waals surface area contributed by atoms with Gasteiger partial charge in [0.25, 0.3) is 0 Å². The summed E-state index contributed by atoms with van der Waals surface area (Å²) in [6.07, 6.45) is 0.897. The van der Waals surface area contributed by atoms with Crippen molar-refractivity contribution in [2.75, 3.05) is 57.8 Å². The predicted molar refractivity (Wildman–Crippen MR) is 139 cm³/mol. The first kappa shape index (κ1) is 26.6. The van der Waals surface area contributed by atoms with Crippen molar-refractivity contribution in [3.05, 3.63) is 29.6 Å². The number of piperazine rings is 1. The second kappa shape index (κ2) is 12.6. The topological polar surface area (TPSA) is 63.2 Å². The zero-order chi connectivity index (χ0) is 22.4. The number of likely N-dealkylation sites (tertiary alicyclic amines) is 1. The molecule has 1 unspecified atom stereocenters. The molecule has 180 valence electrons. The van der Waals surface area contributed by atoms with E-state index in [0.717, 1.165) is 51.3 Å². The van der Waals surface area contributed by atoms with Crippen molar-refractivity contribution < 1.29 is 9.18 Å². The molecule has 0 radical (unpaired) electrons. The molecule has 0 bridgehead atoms. The number of halogens is 2. The van der Waals surface area contributed by atoms with Crippen molar-refractivity contribution in [1.82, 2.24) is 20.4 Å². The summed E-state index contributed by atoms with van der Waals surface area (Å²) < 4.78 is 14.8. The Labute approximate surface area is 208 Å². The number of likely N-dealkylation sites (N-methyl/N-ethyl adjacent to an activating group) is 1. The van der Waals surface area contributed by atoms with Gasteiger partial charge in [0.2, 0.25) is 5.91 Å². The number of rotatable bonds is 6. The maximum atomic E-state index is 14.8. The maximum absolute atomic E-state index is 14.8. The van der Waals surface area contributed by atoms with E-state index in [1.807, 2.05) is 30.9 Å². The number of guanidine groups is 1. The average Bonchev–Trinajstić information content (AvgIpc) is 3.24. The van der Waals surface area contributed by atoms with E-state index in [4.69, 9.17) is 0 Å². The molecule has 0 aliphatic carbocycles. The van der Waals surface area contributed by atoms with Gasteiger partial charge in [-0.2, -0.15) is 0 Å².